The highest BCUT2D eigenvalue weighted by atomic mass is 79.9. The predicted octanol–water partition coefficient (Wildman–Crippen LogP) is 5.59. The highest BCUT2D eigenvalue weighted by Gasteiger charge is 2.12. The Labute approximate surface area is 117 Å². The number of alkyl halides is 1. The lowest BCUT2D eigenvalue weighted by atomic mass is 10.1. The summed E-state index contributed by atoms with van der Waals surface area (Å²) in [5.74, 6) is 0. The summed E-state index contributed by atoms with van der Waals surface area (Å²) in [5, 5.41) is 0.739. The molecule has 0 amide bonds. The standard InChI is InChI=1S/C13H9Br2Cl/c14-12-8-10(16)6-7-11(12)13(15)9-4-2-1-3-5-9/h1-8,13H. The fourth-order valence-electron chi connectivity index (χ4n) is 1.51. The number of hydrogen-bond acceptors (Lipinski definition) is 0. The number of benzene rings is 2. The Hall–Kier alpha value is -0.310. The van der Waals surface area contributed by atoms with E-state index in [4.69, 9.17) is 11.6 Å². The lowest BCUT2D eigenvalue weighted by molar-refractivity contribution is 1.16. The summed E-state index contributed by atoms with van der Waals surface area (Å²) in [6.45, 7) is 0. The van der Waals surface area contributed by atoms with Crippen LogP contribution in [0.2, 0.25) is 5.02 Å². The van der Waals surface area contributed by atoms with Crippen molar-refractivity contribution in [1.82, 2.24) is 0 Å². The van der Waals surface area contributed by atoms with E-state index in [0.29, 0.717) is 0 Å². The first kappa shape index (κ1) is 12.2. The van der Waals surface area contributed by atoms with Crippen molar-refractivity contribution in [3.8, 4) is 0 Å². The zero-order valence-electron chi connectivity index (χ0n) is 8.33. The number of rotatable bonds is 2. The Morgan fingerprint density at radius 3 is 2.31 bits per heavy atom. The van der Waals surface area contributed by atoms with E-state index in [-0.39, 0.29) is 4.83 Å². The van der Waals surface area contributed by atoms with Gasteiger partial charge in [0.05, 0.1) is 4.83 Å². The molecule has 2 aromatic carbocycles. The molecule has 0 bridgehead atoms. The summed E-state index contributed by atoms with van der Waals surface area (Å²) >= 11 is 13.1. The summed E-state index contributed by atoms with van der Waals surface area (Å²) in [6, 6.07) is 16.1. The van der Waals surface area contributed by atoms with Crippen LogP contribution in [0.3, 0.4) is 0 Å². The third-order valence-electron chi connectivity index (χ3n) is 2.33. The molecule has 0 aliphatic carbocycles. The lowest BCUT2D eigenvalue weighted by Gasteiger charge is -2.12. The van der Waals surface area contributed by atoms with Gasteiger partial charge in [-0.05, 0) is 23.3 Å². The van der Waals surface area contributed by atoms with Gasteiger partial charge in [0.15, 0.2) is 0 Å². The molecule has 0 heterocycles. The molecular formula is C13H9Br2Cl. The average molecular weight is 360 g/mol. The third-order valence-corrected chi connectivity index (χ3v) is 4.27. The van der Waals surface area contributed by atoms with Crippen molar-refractivity contribution >= 4 is 43.5 Å². The average Bonchev–Trinajstić information content (AvgIpc) is 2.29. The summed E-state index contributed by atoms with van der Waals surface area (Å²) < 4.78 is 1.02. The smallest absolute Gasteiger partial charge is 0.0655 e. The fraction of sp³-hybridized carbons (Fsp3) is 0.0769. The molecular weight excluding hydrogens is 351 g/mol. The Morgan fingerprint density at radius 1 is 1.00 bits per heavy atom. The lowest BCUT2D eigenvalue weighted by Crippen LogP contribution is -1.93. The molecule has 0 saturated heterocycles. The van der Waals surface area contributed by atoms with Crippen molar-refractivity contribution in [2.24, 2.45) is 0 Å². The van der Waals surface area contributed by atoms with E-state index in [1.807, 2.05) is 36.4 Å². The van der Waals surface area contributed by atoms with Crippen LogP contribution in [-0.2, 0) is 0 Å². The van der Waals surface area contributed by atoms with Crippen molar-refractivity contribution in [3.05, 3.63) is 69.2 Å². The van der Waals surface area contributed by atoms with Crippen LogP contribution in [0.4, 0.5) is 0 Å². The second-order valence-corrected chi connectivity index (χ2v) is 5.65. The van der Waals surface area contributed by atoms with E-state index in [2.05, 4.69) is 44.0 Å². The third kappa shape index (κ3) is 2.68. The molecule has 0 aromatic heterocycles. The molecule has 2 aromatic rings. The second-order valence-electron chi connectivity index (χ2n) is 3.44. The Bertz CT molecular complexity index is 483. The largest absolute Gasteiger partial charge is 0.0843 e. The van der Waals surface area contributed by atoms with Crippen molar-refractivity contribution in [3.63, 3.8) is 0 Å². The Kier molecular flexibility index (Phi) is 4.06. The summed E-state index contributed by atoms with van der Waals surface area (Å²) in [7, 11) is 0. The number of halogens is 3. The summed E-state index contributed by atoms with van der Waals surface area (Å²) in [4.78, 5) is 0.181. The molecule has 0 spiro atoms. The highest BCUT2D eigenvalue weighted by molar-refractivity contribution is 9.11. The van der Waals surface area contributed by atoms with Crippen LogP contribution < -0.4 is 0 Å². The zero-order chi connectivity index (χ0) is 11.5. The minimum atomic E-state index is 0.181. The van der Waals surface area contributed by atoms with E-state index in [0.717, 1.165) is 9.50 Å². The molecule has 0 radical (unpaired) electrons. The van der Waals surface area contributed by atoms with E-state index in [1.165, 1.54) is 11.1 Å². The van der Waals surface area contributed by atoms with Gasteiger partial charge in [-0.1, -0.05) is 79.9 Å². The maximum Gasteiger partial charge on any atom is 0.0655 e. The van der Waals surface area contributed by atoms with Gasteiger partial charge in [0.2, 0.25) is 0 Å². The van der Waals surface area contributed by atoms with Crippen LogP contribution in [0.15, 0.2) is 53.0 Å². The zero-order valence-corrected chi connectivity index (χ0v) is 12.3. The number of hydrogen-bond donors (Lipinski definition) is 0. The fourth-order valence-corrected chi connectivity index (χ4v) is 3.43. The van der Waals surface area contributed by atoms with Crippen molar-refractivity contribution in [1.29, 1.82) is 0 Å². The molecule has 0 nitrogen and oxygen atoms in total. The minimum Gasteiger partial charge on any atom is -0.0843 e. The van der Waals surface area contributed by atoms with E-state index < -0.39 is 0 Å². The summed E-state index contributed by atoms with van der Waals surface area (Å²) in [5.41, 5.74) is 2.40. The van der Waals surface area contributed by atoms with Crippen molar-refractivity contribution in [2.45, 2.75) is 4.83 Å². The second kappa shape index (κ2) is 5.35. The summed E-state index contributed by atoms with van der Waals surface area (Å²) in [6.07, 6.45) is 0. The van der Waals surface area contributed by atoms with Gasteiger partial charge in [-0.15, -0.1) is 0 Å². The van der Waals surface area contributed by atoms with Crippen LogP contribution in [0.5, 0.6) is 0 Å². The van der Waals surface area contributed by atoms with Gasteiger partial charge in [0.1, 0.15) is 0 Å². The molecule has 0 N–H and O–H groups in total. The molecule has 82 valence electrons. The van der Waals surface area contributed by atoms with Crippen LogP contribution in [0.25, 0.3) is 0 Å². The molecule has 0 aliphatic rings. The topological polar surface area (TPSA) is 0 Å². The molecule has 16 heavy (non-hydrogen) atoms. The normalized spacial score (nSPS) is 12.4. The van der Waals surface area contributed by atoms with Gasteiger partial charge in [0.25, 0.3) is 0 Å². The van der Waals surface area contributed by atoms with Crippen LogP contribution in [-0.4, -0.2) is 0 Å². The van der Waals surface area contributed by atoms with Crippen LogP contribution in [0, 0.1) is 0 Å². The highest BCUT2D eigenvalue weighted by Crippen LogP contribution is 2.36. The van der Waals surface area contributed by atoms with Gasteiger partial charge in [0, 0.05) is 9.50 Å². The van der Waals surface area contributed by atoms with E-state index in [1.54, 1.807) is 0 Å². The predicted molar refractivity (Wildman–Crippen MR) is 76.4 cm³/mol. The Morgan fingerprint density at radius 2 is 1.69 bits per heavy atom. The monoisotopic (exact) mass is 358 g/mol. The first-order valence-corrected chi connectivity index (χ1v) is 6.91. The maximum atomic E-state index is 5.92. The van der Waals surface area contributed by atoms with Crippen LogP contribution in [0.1, 0.15) is 16.0 Å². The van der Waals surface area contributed by atoms with Gasteiger partial charge in [-0.3, -0.25) is 0 Å². The van der Waals surface area contributed by atoms with E-state index >= 15 is 0 Å². The first-order chi connectivity index (χ1) is 7.68. The molecule has 2 rings (SSSR count). The molecule has 0 fully saturated rings. The van der Waals surface area contributed by atoms with E-state index in [9.17, 15) is 0 Å². The first-order valence-electron chi connectivity index (χ1n) is 4.82. The van der Waals surface area contributed by atoms with Crippen molar-refractivity contribution in [2.75, 3.05) is 0 Å². The molecule has 1 atom stereocenters. The molecule has 0 saturated carbocycles. The Balaban J connectivity index is 2.38. The minimum absolute atomic E-state index is 0.181. The molecule has 0 aliphatic heterocycles. The van der Waals surface area contributed by atoms with Gasteiger partial charge in [-0.25, -0.2) is 0 Å². The van der Waals surface area contributed by atoms with Gasteiger partial charge >= 0.3 is 0 Å². The maximum absolute atomic E-state index is 5.92. The molecule has 3 heteroatoms. The van der Waals surface area contributed by atoms with Gasteiger partial charge in [-0.2, -0.15) is 0 Å². The molecule has 1 unspecified atom stereocenters. The van der Waals surface area contributed by atoms with Crippen molar-refractivity contribution < 1.29 is 0 Å². The SMILES string of the molecule is Clc1ccc(C(Br)c2ccccc2)c(Br)c1. The van der Waals surface area contributed by atoms with Gasteiger partial charge < -0.3 is 0 Å². The van der Waals surface area contributed by atoms with Crippen LogP contribution >= 0.6 is 43.5 Å². The quantitative estimate of drug-likeness (QED) is 0.613.